The summed E-state index contributed by atoms with van der Waals surface area (Å²) in [7, 11) is 0. The predicted octanol–water partition coefficient (Wildman–Crippen LogP) is 1.85. The Hall–Kier alpha value is -2.57. The molecule has 3 rings (SSSR count). The minimum Gasteiger partial charge on any atom is -0.456 e. The van der Waals surface area contributed by atoms with Crippen LogP contribution in [0.3, 0.4) is 0 Å². The number of nitrogens with zero attached hydrogens (tertiary/aromatic N) is 1. The molecule has 0 aliphatic rings. The van der Waals surface area contributed by atoms with E-state index in [1.54, 1.807) is 12.1 Å². The van der Waals surface area contributed by atoms with E-state index in [4.69, 9.17) is 16.1 Å². The van der Waals surface area contributed by atoms with Gasteiger partial charge in [0.1, 0.15) is 11.2 Å². The predicted molar refractivity (Wildman–Crippen MR) is 73.1 cm³/mol. The van der Waals surface area contributed by atoms with Gasteiger partial charge in [-0.25, -0.2) is 21.5 Å². The average molecular weight is 256 g/mol. The molecule has 5 N–H and O–H groups in total. The number of fused-ring (bicyclic) bond motifs is 3. The Morgan fingerprint density at radius 3 is 2.63 bits per heavy atom. The van der Waals surface area contributed by atoms with Crippen LogP contribution < -0.4 is 22.1 Å². The number of anilines is 1. The van der Waals surface area contributed by atoms with Crippen LogP contribution >= 0.6 is 0 Å². The van der Waals surface area contributed by atoms with Gasteiger partial charge in [0.25, 0.3) is 0 Å². The van der Waals surface area contributed by atoms with Crippen LogP contribution in [0.25, 0.3) is 21.9 Å². The third-order valence-electron chi connectivity index (χ3n) is 2.98. The van der Waals surface area contributed by atoms with Gasteiger partial charge in [-0.15, -0.1) is 0 Å². The van der Waals surface area contributed by atoms with Crippen molar-refractivity contribution in [3.05, 3.63) is 42.5 Å². The van der Waals surface area contributed by atoms with Crippen LogP contribution in [-0.2, 0) is 0 Å². The van der Waals surface area contributed by atoms with Crippen LogP contribution in [0.2, 0.25) is 0 Å². The first-order valence-electron chi connectivity index (χ1n) is 5.67. The van der Waals surface area contributed by atoms with Gasteiger partial charge in [-0.1, -0.05) is 18.2 Å². The number of rotatable bonds is 1. The van der Waals surface area contributed by atoms with Gasteiger partial charge in [0.15, 0.2) is 0 Å². The van der Waals surface area contributed by atoms with E-state index in [-0.39, 0.29) is 0 Å². The van der Waals surface area contributed by atoms with Crippen molar-refractivity contribution in [1.29, 1.82) is 0 Å². The van der Waals surface area contributed by atoms with E-state index in [9.17, 15) is 4.79 Å². The fourth-order valence-electron chi connectivity index (χ4n) is 2.05. The van der Waals surface area contributed by atoms with E-state index in [1.807, 2.05) is 35.8 Å². The summed E-state index contributed by atoms with van der Waals surface area (Å²) in [5.74, 6) is 10.7. The fourth-order valence-corrected chi connectivity index (χ4v) is 2.05. The number of nitrogens with two attached hydrogens (primary N) is 2. The summed E-state index contributed by atoms with van der Waals surface area (Å²) < 4.78 is 5.71. The van der Waals surface area contributed by atoms with Gasteiger partial charge in [-0.2, -0.15) is 0 Å². The van der Waals surface area contributed by atoms with Crippen LogP contribution in [0.5, 0.6) is 0 Å². The smallest absolute Gasteiger partial charge is 0.350 e. The zero-order valence-electron chi connectivity index (χ0n) is 9.96. The molecule has 0 unspecified atom stereocenters. The van der Waals surface area contributed by atoms with E-state index in [1.165, 1.54) is 0 Å². The second-order valence-corrected chi connectivity index (χ2v) is 4.10. The van der Waals surface area contributed by atoms with Gasteiger partial charge in [-0.3, -0.25) is 5.43 Å². The number of hydrogen-bond acceptors (Lipinski definition) is 4. The Morgan fingerprint density at radius 1 is 1.11 bits per heavy atom. The largest absolute Gasteiger partial charge is 0.456 e. The van der Waals surface area contributed by atoms with Crippen LogP contribution in [-0.4, -0.2) is 6.03 Å². The van der Waals surface area contributed by atoms with Crippen LogP contribution in [0.1, 0.15) is 0 Å². The minimum absolute atomic E-state index is 0.495. The highest BCUT2D eigenvalue weighted by Gasteiger charge is 2.13. The van der Waals surface area contributed by atoms with E-state index in [0.29, 0.717) is 11.3 Å². The van der Waals surface area contributed by atoms with Crippen LogP contribution in [0.4, 0.5) is 10.5 Å². The Morgan fingerprint density at radius 2 is 1.84 bits per heavy atom. The first-order valence-corrected chi connectivity index (χ1v) is 5.67. The topological polar surface area (TPSA) is 97.5 Å². The first kappa shape index (κ1) is 11.5. The van der Waals surface area contributed by atoms with E-state index >= 15 is 0 Å². The Labute approximate surface area is 108 Å². The summed E-state index contributed by atoms with van der Waals surface area (Å²) in [5.41, 5.74) is 3.92. The number of benzene rings is 2. The number of carbonyl (C=O) groups excluding carboxylic acids is 1. The molecule has 2 amide bonds. The Kier molecular flexibility index (Phi) is 2.59. The summed E-state index contributed by atoms with van der Waals surface area (Å²) in [5, 5.41) is 2.92. The maximum atomic E-state index is 11.4. The highest BCUT2D eigenvalue weighted by molar-refractivity contribution is 6.06. The summed E-state index contributed by atoms with van der Waals surface area (Å²) in [4.78, 5) is 11.4. The van der Waals surface area contributed by atoms with Crippen molar-refractivity contribution in [3.8, 4) is 0 Å². The lowest BCUT2D eigenvalue weighted by molar-refractivity contribution is 0.246. The number of hydrogen-bond donors (Lipinski definition) is 3. The van der Waals surface area contributed by atoms with E-state index in [0.717, 1.165) is 21.4 Å². The van der Waals surface area contributed by atoms with Gasteiger partial charge in [0.05, 0.1) is 5.69 Å². The molecule has 2 aromatic carbocycles. The molecule has 1 heterocycles. The standard InChI is InChI=1S/C13H12N4O2/c14-16-13(18)17(15)8-5-6-10-9-3-1-2-4-11(9)19-12(10)7-8/h1-7H,14-15H2,(H,16,18). The fraction of sp³-hybridized carbons (Fsp3) is 0. The molecule has 0 saturated carbocycles. The van der Waals surface area contributed by atoms with Crippen molar-refractivity contribution in [2.45, 2.75) is 0 Å². The van der Waals surface area contributed by atoms with Crippen molar-refractivity contribution in [3.63, 3.8) is 0 Å². The average Bonchev–Trinajstić information content (AvgIpc) is 2.83. The SMILES string of the molecule is NNC(=O)N(N)c1ccc2c(c1)oc1ccccc12. The number of urea groups is 1. The number of hydrazine groups is 2. The summed E-state index contributed by atoms with van der Waals surface area (Å²) >= 11 is 0. The quantitative estimate of drug-likeness (QED) is 0.351. The molecule has 0 aliphatic carbocycles. The normalized spacial score (nSPS) is 10.8. The maximum Gasteiger partial charge on any atom is 0.350 e. The lowest BCUT2D eigenvalue weighted by atomic mass is 10.1. The molecule has 6 heteroatoms. The third-order valence-corrected chi connectivity index (χ3v) is 2.98. The molecular weight excluding hydrogens is 244 g/mol. The zero-order valence-corrected chi connectivity index (χ0v) is 9.96. The lowest BCUT2D eigenvalue weighted by Crippen LogP contribution is -2.47. The second-order valence-electron chi connectivity index (χ2n) is 4.10. The van der Waals surface area contributed by atoms with Gasteiger partial charge < -0.3 is 4.42 Å². The molecule has 96 valence electrons. The zero-order chi connectivity index (χ0) is 13.4. The number of furan rings is 1. The molecule has 6 nitrogen and oxygen atoms in total. The number of para-hydroxylation sites is 1. The molecular formula is C13H12N4O2. The molecule has 0 atom stereocenters. The second kappa shape index (κ2) is 4.27. The third kappa shape index (κ3) is 1.79. The molecule has 0 aliphatic heterocycles. The lowest BCUT2D eigenvalue weighted by Gasteiger charge is -2.15. The number of carbonyl (C=O) groups is 1. The van der Waals surface area contributed by atoms with Crippen molar-refractivity contribution in [2.75, 3.05) is 5.01 Å². The summed E-state index contributed by atoms with van der Waals surface area (Å²) in [6, 6.07) is 12.4. The summed E-state index contributed by atoms with van der Waals surface area (Å²) in [6.07, 6.45) is 0. The van der Waals surface area contributed by atoms with Gasteiger partial charge in [0.2, 0.25) is 0 Å². The molecule has 0 fully saturated rings. The van der Waals surface area contributed by atoms with Gasteiger partial charge >= 0.3 is 6.03 Å². The van der Waals surface area contributed by atoms with Crippen molar-refractivity contribution < 1.29 is 9.21 Å². The van der Waals surface area contributed by atoms with Gasteiger partial charge in [0, 0.05) is 16.8 Å². The van der Waals surface area contributed by atoms with E-state index in [2.05, 4.69) is 0 Å². The molecule has 0 spiro atoms. The van der Waals surface area contributed by atoms with Crippen molar-refractivity contribution in [1.82, 2.24) is 5.43 Å². The van der Waals surface area contributed by atoms with Crippen LogP contribution in [0, 0.1) is 0 Å². The minimum atomic E-state index is -0.601. The molecule has 0 saturated heterocycles. The molecule has 1 aromatic heterocycles. The monoisotopic (exact) mass is 256 g/mol. The van der Waals surface area contributed by atoms with Gasteiger partial charge in [-0.05, 0) is 18.2 Å². The number of amides is 2. The molecule has 0 radical (unpaired) electrons. The van der Waals surface area contributed by atoms with E-state index < -0.39 is 6.03 Å². The van der Waals surface area contributed by atoms with Crippen molar-refractivity contribution in [2.24, 2.45) is 11.7 Å². The summed E-state index contributed by atoms with van der Waals surface area (Å²) in [6.45, 7) is 0. The first-order chi connectivity index (χ1) is 9.20. The Balaban J connectivity index is 2.16. The number of nitrogens with one attached hydrogen (secondary N) is 1. The maximum absolute atomic E-state index is 11.4. The molecule has 19 heavy (non-hydrogen) atoms. The van der Waals surface area contributed by atoms with Crippen molar-refractivity contribution >= 4 is 33.7 Å². The highest BCUT2D eigenvalue weighted by atomic mass is 16.3. The van der Waals surface area contributed by atoms with Crippen LogP contribution in [0.15, 0.2) is 46.9 Å². The molecule has 0 bridgehead atoms. The Bertz CT molecular complexity index is 766. The molecule has 3 aromatic rings. The highest BCUT2D eigenvalue weighted by Crippen LogP contribution is 2.30.